The van der Waals surface area contributed by atoms with Crippen LogP contribution < -0.4 is 27.3 Å². The minimum absolute atomic E-state index is 0. The Balaban J connectivity index is 0.00000370. The summed E-state index contributed by atoms with van der Waals surface area (Å²) in [4.78, 5) is 13.3. The largest absolute Gasteiger partial charge is 1.00 e. The van der Waals surface area contributed by atoms with Crippen molar-refractivity contribution in [2.24, 2.45) is 11.7 Å². The zero-order valence-corrected chi connectivity index (χ0v) is 23.1. The average molecular weight is 620 g/mol. The summed E-state index contributed by atoms with van der Waals surface area (Å²) in [6.45, 7) is 1.19. The third kappa shape index (κ3) is 4.72. The number of nitrogens with two attached hydrogens (primary N) is 1. The van der Waals surface area contributed by atoms with Gasteiger partial charge in [-0.2, -0.15) is 0 Å². The summed E-state index contributed by atoms with van der Waals surface area (Å²) in [5.74, 6) is -9.82. The number of aromatic nitrogens is 2. The topological polar surface area (TPSA) is 51.9 Å². The van der Waals surface area contributed by atoms with Crippen LogP contribution in [-0.4, -0.2) is 10.5 Å². The minimum atomic E-state index is -2.18. The summed E-state index contributed by atoms with van der Waals surface area (Å²) in [5, 5.41) is 0. The quantitative estimate of drug-likeness (QED) is 0.147. The van der Waals surface area contributed by atoms with Crippen LogP contribution in [0.3, 0.4) is 0 Å². The molecular weight excluding hydrogens is 593 g/mol. The second kappa shape index (κ2) is 11.5. The third-order valence-corrected chi connectivity index (χ3v) is 8.08. The molecule has 5 rings (SSSR count). The summed E-state index contributed by atoms with van der Waals surface area (Å²) in [6, 6.07) is 18.8. The molecule has 0 bridgehead atoms. The Kier molecular flexibility index (Phi) is 8.49. The molecule has 1 saturated carbocycles. The smallest absolute Gasteiger partial charge is 0.253 e. The summed E-state index contributed by atoms with van der Waals surface area (Å²) in [5.41, 5.74) is 5.82. The lowest BCUT2D eigenvalue weighted by Crippen LogP contribution is -3.00. The van der Waals surface area contributed by atoms with Gasteiger partial charge in [-0.05, 0) is 36.3 Å². The van der Waals surface area contributed by atoms with Gasteiger partial charge in [-0.15, -0.1) is 0 Å². The molecule has 1 heterocycles. The van der Waals surface area contributed by atoms with Gasteiger partial charge in [0.25, 0.3) is 5.82 Å². The molecule has 2 unspecified atom stereocenters. The summed E-state index contributed by atoms with van der Waals surface area (Å²) >= 11 is 0. The van der Waals surface area contributed by atoms with E-state index >= 15 is 0 Å². The van der Waals surface area contributed by atoms with Gasteiger partial charge in [0.05, 0.1) is 5.56 Å². The molecule has 0 radical (unpaired) electrons. The maximum absolute atomic E-state index is 14.3. The first-order chi connectivity index (χ1) is 18.7. The van der Waals surface area contributed by atoms with Gasteiger partial charge in [-0.25, -0.2) is 31.1 Å². The molecule has 0 aliphatic heterocycles. The van der Waals surface area contributed by atoms with Crippen molar-refractivity contribution in [1.29, 1.82) is 0 Å². The number of carbonyl (C=O) groups is 1. The van der Waals surface area contributed by atoms with E-state index in [2.05, 4.69) is 0 Å². The van der Waals surface area contributed by atoms with E-state index in [9.17, 15) is 26.7 Å². The van der Waals surface area contributed by atoms with Crippen LogP contribution in [0.5, 0.6) is 0 Å². The van der Waals surface area contributed by atoms with Gasteiger partial charge in [0.1, 0.15) is 30.4 Å². The van der Waals surface area contributed by atoms with Crippen LogP contribution >= 0.6 is 0 Å². The van der Waals surface area contributed by atoms with Gasteiger partial charge in [-0.1, -0.05) is 60.7 Å². The Hall–Kier alpha value is -3.53. The molecule has 0 saturated heterocycles. The average Bonchev–Trinajstić information content (AvgIpc) is 3.57. The minimum Gasteiger partial charge on any atom is -1.00 e. The van der Waals surface area contributed by atoms with E-state index in [1.807, 2.05) is 65.2 Å². The lowest BCUT2D eigenvalue weighted by molar-refractivity contribution is -0.694. The molecule has 40 heavy (non-hydrogen) atoms. The molecule has 2 atom stereocenters. The Morgan fingerprint density at radius 2 is 1.38 bits per heavy atom. The number of rotatable bonds is 7. The van der Waals surface area contributed by atoms with Crippen LogP contribution in [0.25, 0.3) is 0 Å². The van der Waals surface area contributed by atoms with E-state index in [0.29, 0.717) is 25.1 Å². The molecule has 2 N–H and O–H groups in total. The molecule has 1 aliphatic rings. The zero-order chi connectivity index (χ0) is 27.9. The first-order valence-electron chi connectivity index (χ1n) is 12.7. The van der Waals surface area contributed by atoms with Crippen LogP contribution in [0.2, 0.25) is 0 Å². The number of primary amides is 1. The normalized spacial score (nSPS) is 17.1. The third-order valence-electron chi connectivity index (χ3n) is 8.08. The van der Waals surface area contributed by atoms with Crippen molar-refractivity contribution in [1.82, 2.24) is 4.57 Å². The number of hydrogen-bond donors (Lipinski definition) is 1. The molecule has 210 valence electrons. The first-order valence-corrected chi connectivity index (χ1v) is 12.7. The van der Waals surface area contributed by atoms with Gasteiger partial charge in [0.15, 0.2) is 23.3 Å². The summed E-state index contributed by atoms with van der Waals surface area (Å²) in [7, 11) is 0. The van der Waals surface area contributed by atoms with E-state index in [4.69, 9.17) is 5.73 Å². The maximum Gasteiger partial charge on any atom is 0.253 e. The van der Waals surface area contributed by atoms with Crippen LogP contribution in [0.4, 0.5) is 22.0 Å². The number of carbonyl (C=O) groups excluding carboxylic acids is 1. The summed E-state index contributed by atoms with van der Waals surface area (Å²) < 4.78 is 73.0. The Morgan fingerprint density at radius 3 is 1.88 bits per heavy atom. The number of benzene rings is 3. The zero-order valence-electron chi connectivity index (χ0n) is 21.6. The lowest BCUT2D eigenvalue weighted by atomic mass is 9.64. The van der Waals surface area contributed by atoms with E-state index in [1.54, 1.807) is 19.3 Å². The fraction of sp³-hybridized carbons (Fsp3) is 0.267. The molecule has 4 nitrogen and oxygen atoms in total. The molecular formula is C30H27BrF5N3O. The lowest BCUT2D eigenvalue weighted by Gasteiger charge is -2.37. The maximum atomic E-state index is 14.3. The van der Waals surface area contributed by atoms with Gasteiger partial charge in [0.2, 0.25) is 11.7 Å². The van der Waals surface area contributed by atoms with Gasteiger partial charge >= 0.3 is 0 Å². The number of imidazole rings is 1. The Labute approximate surface area is 239 Å². The highest BCUT2D eigenvalue weighted by Gasteiger charge is 2.51. The first kappa shape index (κ1) is 29.5. The molecule has 10 heteroatoms. The second-order valence-corrected chi connectivity index (χ2v) is 10.00. The van der Waals surface area contributed by atoms with E-state index in [1.165, 1.54) is 4.57 Å². The SMILES string of the molecule is Cc1n(C2CCC(C(C(N)=O)(c3ccccc3)c3ccccc3)C2)cc[n+]1Cc1c(F)c(F)c(F)c(F)c1F.[Br-]. The number of halogens is 6. The van der Waals surface area contributed by atoms with Crippen LogP contribution in [0, 0.1) is 41.9 Å². The molecule has 0 spiro atoms. The van der Waals surface area contributed by atoms with Gasteiger partial charge in [-0.3, -0.25) is 4.79 Å². The molecule has 4 aromatic rings. The van der Waals surface area contributed by atoms with Crippen molar-refractivity contribution in [3.63, 3.8) is 0 Å². The monoisotopic (exact) mass is 619 g/mol. The van der Waals surface area contributed by atoms with Crippen molar-refractivity contribution < 1.29 is 48.3 Å². The molecule has 3 aromatic carbocycles. The number of nitrogens with zero attached hydrogens (tertiary/aromatic N) is 2. The van der Waals surface area contributed by atoms with Gasteiger partial charge in [0, 0.05) is 6.92 Å². The van der Waals surface area contributed by atoms with Crippen LogP contribution in [0.1, 0.15) is 47.8 Å². The molecule has 1 aromatic heterocycles. The Bertz CT molecular complexity index is 1460. The molecule has 1 aliphatic carbocycles. The highest BCUT2D eigenvalue weighted by Crippen LogP contribution is 2.50. The Morgan fingerprint density at radius 1 is 0.875 bits per heavy atom. The second-order valence-electron chi connectivity index (χ2n) is 10.00. The highest BCUT2D eigenvalue weighted by atomic mass is 79.9. The van der Waals surface area contributed by atoms with Crippen molar-refractivity contribution in [3.05, 3.63) is 125 Å². The van der Waals surface area contributed by atoms with Crippen LogP contribution in [0.15, 0.2) is 73.1 Å². The van der Waals surface area contributed by atoms with E-state index < -0.39 is 52.5 Å². The fourth-order valence-electron chi connectivity index (χ4n) is 6.16. The van der Waals surface area contributed by atoms with Crippen molar-refractivity contribution >= 4 is 5.91 Å². The number of amides is 1. The fourth-order valence-corrected chi connectivity index (χ4v) is 6.16. The predicted octanol–water partition coefficient (Wildman–Crippen LogP) is 2.64. The van der Waals surface area contributed by atoms with Crippen molar-refractivity contribution in [2.75, 3.05) is 0 Å². The van der Waals surface area contributed by atoms with Crippen molar-refractivity contribution in [2.45, 2.75) is 44.2 Å². The summed E-state index contributed by atoms with van der Waals surface area (Å²) in [6.07, 6.45) is 5.26. The van der Waals surface area contributed by atoms with E-state index in [-0.39, 0.29) is 28.9 Å². The van der Waals surface area contributed by atoms with Crippen molar-refractivity contribution in [3.8, 4) is 0 Å². The molecule has 1 amide bonds. The van der Waals surface area contributed by atoms with Gasteiger partial charge < -0.3 is 22.7 Å². The predicted molar refractivity (Wildman–Crippen MR) is 134 cm³/mol. The standard InChI is InChI=1S/C30H26F5N3O.BrH/c1-18-37(17-23-24(31)26(33)28(35)27(34)25(23)32)14-15-38(18)22-13-12-21(16-22)30(29(36)39,19-8-4-2-5-9-19)20-10-6-3-7-11-20;/h2-11,14-15,21-22H,12-13,16-17H2,1H3,(H-,36,39);1H. The molecule has 1 fully saturated rings. The number of hydrogen-bond acceptors (Lipinski definition) is 1. The van der Waals surface area contributed by atoms with Crippen LogP contribution in [-0.2, 0) is 16.8 Å². The van der Waals surface area contributed by atoms with E-state index in [0.717, 1.165) is 11.1 Å². The highest BCUT2D eigenvalue weighted by molar-refractivity contribution is 5.91.